The van der Waals surface area contributed by atoms with E-state index in [1.165, 1.54) is 16.8 Å². The summed E-state index contributed by atoms with van der Waals surface area (Å²) in [4.78, 5) is 3.86. The van der Waals surface area contributed by atoms with Gasteiger partial charge in [-0.3, -0.25) is 4.57 Å². The lowest BCUT2D eigenvalue weighted by molar-refractivity contribution is 0.610. The molecule has 0 saturated heterocycles. The average Bonchev–Trinajstić information content (AvgIpc) is 2.87. The molecule has 0 fully saturated rings. The third-order valence-corrected chi connectivity index (χ3v) is 2.77. The zero-order valence-electron chi connectivity index (χ0n) is 10.7. The number of benzene rings is 1. The first kappa shape index (κ1) is 13.2. The van der Waals surface area contributed by atoms with E-state index < -0.39 is 0 Å². The van der Waals surface area contributed by atoms with Crippen LogP contribution in [0.2, 0.25) is 0 Å². The second kappa shape index (κ2) is 6.12. The summed E-state index contributed by atoms with van der Waals surface area (Å²) >= 11 is 0. The van der Waals surface area contributed by atoms with Gasteiger partial charge < -0.3 is 5.32 Å². The highest BCUT2D eigenvalue weighted by Gasteiger charge is 2.09. The van der Waals surface area contributed by atoms with Crippen LogP contribution in [-0.2, 0) is 6.54 Å². The normalized spacial score (nSPS) is 10.4. The van der Waals surface area contributed by atoms with Crippen molar-refractivity contribution in [2.75, 3.05) is 6.54 Å². The molecular weight excluding hydrogens is 243 g/mol. The number of nitriles is 1. The Balaban J connectivity index is 2.23. The topological polar surface area (TPSA) is 53.6 Å². The summed E-state index contributed by atoms with van der Waals surface area (Å²) in [5.41, 5.74) is 1.22. The highest BCUT2D eigenvalue weighted by atomic mass is 19.1. The maximum absolute atomic E-state index is 14.1. The van der Waals surface area contributed by atoms with Crippen LogP contribution in [0.3, 0.4) is 0 Å². The molecular formula is C14H15FN4. The molecule has 0 atom stereocenters. The molecule has 2 aromatic rings. The van der Waals surface area contributed by atoms with Gasteiger partial charge in [-0.15, -0.1) is 0 Å². The Morgan fingerprint density at radius 3 is 3.00 bits per heavy atom. The molecule has 1 heterocycles. The van der Waals surface area contributed by atoms with Crippen molar-refractivity contribution < 1.29 is 4.39 Å². The van der Waals surface area contributed by atoms with Crippen LogP contribution in [0.1, 0.15) is 24.7 Å². The highest BCUT2D eigenvalue weighted by Crippen LogP contribution is 2.16. The summed E-state index contributed by atoms with van der Waals surface area (Å²) in [6.07, 6.45) is 4.10. The Morgan fingerprint density at radius 1 is 1.47 bits per heavy atom. The van der Waals surface area contributed by atoms with Crippen LogP contribution in [-0.4, -0.2) is 16.1 Å². The van der Waals surface area contributed by atoms with Gasteiger partial charge in [0.15, 0.2) is 0 Å². The minimum Gasteiger partial charge on any atom is -0.313 e. The molecule has 0 spiro atoms. The summed E-state index contributed by atoms with van der Waals surface area (Å²) in [5, 5.41) is 12.1. The molecule has 0 amide bonds. The quantitative estimate of drug-likeness (QED) is 0.838. The lowest BCUT2D eigenvalue weighted by atomic mass is 10.2. The van der Waals surface area contributed by atoms with Gasteiger partial charge in [0.1, 0.15) is 11.9 Å². The Labute approximate surface area is 111 Å². The smallest absolute Gasteiger partial charge is 0.217 e. The number of nitrogens with zero attached hydrogens (tertiary/aromatic N) is 3. The van der Waals surface area contributed by atoms with E-state index >= 15 is 0 Å². The summed E-state index contributed by atoms with van der Waals surface area (Å²) in [6.45, 7) is 3.63. The molecule has 0 saturated carbocycles. The van der Waals surface area contributed by atoms with Crippen molar-refractivity contribution in [3.8, 4) is 11.8 Å². The lowest BCUT2D eigenvalue weighted by Gasteiger charge is -2.08. The van der Waals surface area contributed by atoms with Crippen molar-refractivity contribution in [1.82, 2.24) is 14.9 Å². The van der Waals surface area contributed by atoms with E-state index in [2.05, 4.69) is 17.2 Å². The van der Waals surface area contributed by atoms with Crippen molar-refractivity contribution in [3.05, 3.63) is 47.8 Å². The molecule has 2 rings (SSSR count). The van der Waals surface area contributed by atoms with Crippen LogP contribution < -0.4 is 5.32 Å². The van der Waals surface area contributed by atoms with Gasteiger partial charge in [0.2, 0.25) is 5.82 Å². The Kier molecular flexibility index (Phi) is 4.26. The van der Waals surface area contributed by atoms with E-state index in [-0.39, 0.29) is 11.6 Å². The van der Waals surface area contributed by atoms with E-state index in [4.69, 9.17) is 5.26 Å². The van der Waals surface area contributed by atoms with Crippen LogP contribution >= 0.6 is 0 Å². The predicted molar refractivity (Wildman–Crippen MR) is 70.2 cm³/mol. The minimum absolute atomic E-state index is 0.177. The van der Waals surface area contributed by atoms with Crippen LogP contribution in [0.5, 0.6) is 0 Å². The number of nitrogens with one attached hydrogen (secondary N) is 1. The monoisotopic (exact) mass is 258 g/mol. The van der Waals surface area contributed by atoms with Crippen molar-refractivity contribution in [2.45, 2.75) is 19.9 Å². The van der Waals surface area contributed by atoms with Crippen molar-refractivity contribution in [3.63, 3.8) is 0 Å². The largest absolute Gasteiger partial charge is 0.313 e. The summed E-state index contributed by atoms with van der Waals surface area (Å²) in [6, 6.07) is 6.93. The molecule has 5 heteroatoms. The van der Waals surface area contributed by atoms with Crippen LogP contribution in [0.4, 0.5) is 4.39 Å². The van der Waals surface area contributed by atoms with E-state index in [0.29, 0.717) is 12.2 Å². The number of rotatable bonds is 5. The van der Waals surface area contributed by atoms with Gasteiger partial charge in [-0.05, 0) is 30.7 Å². The molecule has 0 aliphatic rings. The first-order valence-electron chi connectivity index (χ1n) is 6.19. The molecule has 0 aliphatic carbocycles. The molecule has 4 nitrogen and oxygen atoms in total. The van der Waals surface area contributed by atoms with Gasteiger partial charge in [0.25, 0.3) is 0 Å². The van der Waals surface area contributed by atoms with Gasteiger partial charge in [0, 0.05) is 18.9 Å². The molecule has 0 radical (unpaired) electrons. The summed E-state index contributed by atoms with van der Waals surface area (Å²) in [5.74, 6) is -0.180. The fourth-order valence-corrected chi connectivity index (χ4v) is 1.85. The molecule has 0 bridgehead atoms. The SMILES string of the molecule is CCCNCc1ccc(-n2ccnc2C#N)c(F)c1. The fourth-order valence-electron chi connectivity index (χ4n) is 1.85. The van der Waals surface area contributed by atoms with Crippen molar-refractivity contribution in [2.24, 2.45) is 0 Å². The number of hydrogen-bond acceptors (Lipinski definition) is 3. The number of aromatic nitrogens is 2. The molecule has 19 heavy (non-hydrogen) atoms. The minimum atomic E-state index is -0.356. The second-order valence-electron chi connectivity index (χ2n) is 4.20. The zero-order valence-corrected chi connectivity index (χ0v) is 10.7. The molecule has 1 aromatic heterocycles. The Morgan fingerprint density at radius 2 is 2.32 bits per heavy atom. The van der Waals surface area contributed by atoms with Gasteiger partial charge >= 0.3 is 0 Å². The van der Waals surface area contributed by atoms with Crippen LogP contribution in [0.15, 0.2) is 30.6 Å². The first-order chi connectivity index (χ1) is 9.26. The van der Waals surface area contributed by atoms with Crippen LogP contribution in [0.25, 0.3) is 5.69 Å². The van der Waals surface area contributed by atoms with E-state index in [0.717, 1.165) is 18.5 Å². The summed E-state index contributed by atoms with van der Waals surface area (Å²) < 4.78 is 15.5. The molecule has 98 valence electrons. The standard InChI is InChI=1S/C14H15FN4/c1-2-5-17-10-11-3-4-13(12(15)8-11)19-7-6-18-14(19)9-16/h3-4,6-8,17H,2,5,10H2,1H3. The van der Waals surface area contributed by atoms with E-state index in [1.807, 2.05) is 12.1 Å². The predicted octanol–water partition coefficient (Wildman–Crippen LogP) is 2.38. The number of imidazole rings is 1. The van der Waals surface area contributed by atoms with E-state index in [9.17, 15) is 4.39 Å². The van der Waals surface area contributed by atoms with Crippen molar-refractivity contribution in [1.29, 1.82) is 5.26 Å². The highest BCUT2D eigenvalue weighted by molar-refractivity contribution is 5.39. The molecule has 1 N–H and O–H groups in total. The summed E-state index contributed by atoms with van der Waals surface area (Å²) in [7, 11) is 0. The molecule has 0 aliphatic heterocycles. The van der Waals surface area contributed by atoms with Gasteiger partial charge in [-0.25, -0.2) is 9.37 Å². The second-order valence-corrected chi connectivity index (χ2v) is 4.20. The third-order valence-electron chi connectivity index (χ3n) is 2.77. The van der Waals surface area contributed by atoms with E-state index in [1.54, 1.807) is 12.3 Å². The molecule has 1 aromatic carbocycles. The lowest BCUT2D eigenvalue weighted by Crippen LogP contribution is -2.14. The fraction of sp³-hybridized carbons (Fsp3) is 0.286. The van der Waals surface area contributed by atoms with Gasteiger partial charge in [0.05, 0.1) is 5.69 Å². The van der Waals surface area contributed by atoms with Crippen molar-refractivity contribution >= 4 is 0 Å². The maximum atomic E-state index is 14.1. The van der Waals surface area contributed by atoms with Crippen LogP contribution in [0, 0.1) is 17.1 Å². The average molecular weight is 258 g/mol. The zero-order chi connectivity index (χ0) is 13.7. The maximum Gasteiger partial charge on any atom is 0.217 e. The van der Waals surface area contributed by atoms with Gasteiger partial charge in [-0.2, -0.15) is 5.26 Å². The number of halogens is 1. The first-order valence-corrected chi connectivity index (χ1v) is 6.19. The van der Waals surface area contributed by atoms with Gasteiger partial charge in [-0.1, -0.05) is 13.0 Å². The Bertz CT molecular complexity index is 598. The molecule has 0 unspecified atom stereocenters. The third kappa shape index (κ3) is 2.98. The Hall–Kier alpha value is -2.19. The number of hydrogen-bond donors (Lipinski definition) is 1.